The normalized spacial score (nSPS) is 11.4. The average molecular weight is 457 g/mol. The van der Waals surface area contributed by atoms with Crippen LogP contribution in [0.5, 0.6) is 0 Å². The Kier molecular flexibility index (Phi) is 25.7. The van der Waals surface area contributed by atoms with E-state index in [1.54, 1.807) is 6.92 Å². The van der Waals surface area contributed by atoms with Crippen molar-refractivity contribution in [3.05, 3.63) is 24.3 Å². The van der Waals surface area contributed by atoms with Crippen LogP contribution in [-0.4, -0.2) is 62.6 Å². The molecule has 0 saturated carbocycles. The van der Waals surface area contributed by atoms with Gasteiger partial charge in [-0.2, -0.15) is 0 Å². The van der Waals surface area contributed by atoms with E-state index in [9.17, 15) is 4.79 Å². The second-order valence-corrected chi connectivity index (χ2v) is 7.88. The van der Waals surface area contributed by atoms with Gasteiger partial charge in [0.15, 0.2) is 0 Å². The van der Waals surface area contributed by atoms with E-state index in [4.69, 9.17) is 22.0 Å². The van der Waals surface area contributed by atoms with Crippen LogP contribution in [0.2, 0.25) is 0 Å². The lowest BCUT2D eigenvalue weighted by molar-refractivity contribution is -0.319. The number of hydrogen-bond acceptors (Lipinski definition) is 10. The minimum Gasteiger partial charge on any atom is -0.460 e. The fourth-order valence-corrected chi connectivity index (χ4v) is 1.98. The lowest BCUT2D eigenvalue weighted by Crippen LogP contribution is -2.26. The summed E-state index contributed by atoms with van der Waals surface area (Å²) in [7, 11) is 0. The second kappa shape index (κ2) is 23.3. The SMILES string of the molecule is C=C(C)C(=O)OCCOO.C=C(C)COOCCOO.CC(CCN)CC(C)(C)CN.[HH].[HH]. The lowest BCUT2D eigenvalue weighted by Gasteiger charge is -2.25. The minimum atomic E-state index is -0.475. The minimum absolute atomic E-state index is 0. The molecule has 0 amide bonds. The lowest BCUT2D eigenvalue weighted by atomic mass is 9.82. The maximum atomic E-state index is 10.6. The van der Waals surface area contributed by atoms with Crippen molar-refractivity contribution < 1.29 is 42.4 Å². The van der Waals surface area contributed by atoms with Crippen LogP contribution >= 0.6 is 0 Å². The van der Waals surface area contributed by atoms with E-state index in [0.29, 0.717) is 18.1 Å². The van der Waals surface area contributed by atoms with Gasteiger partial charge in [-0.15, -0.1) is 0 Å². The molecule has 6 N–H and O–H groups in total. The van der Waals surface area contributed by atoms with E-state index in [1.807, 2.05) is 6.92 Å². The number of carbonyl (C=O) groups is 1. The highest BCUT2D eigenvalue weighted by Crippen LogP contribution is 2.24. The zero-order valence-electron chi connectivity index (χ0n) is 19.9. The zero-order chi connectivity index (χ0) is 24.7. The molecular formula is C21H48N2O8. The summed E-state index contributed by atoms with van der Waals surface area (Å²) in [6.45, 7) is 19.2. The molecule has 0 aliphatic carbocycles. The van der Waals surface area contributed by atoms with Crippen LogP contribution in [0.25, 0.3) is 0 Å². The Hall–Kier alpha value is -1.37. The molecular weight excluding hydrogens is 408 g/mol. The van der Waals surface area contributed by atoms with Crippen molar-refractivity contribution in [2.45, 2.75) is 47.5 Å². The quantitative estimate of drug-likeness (QED) is 0.0718. The van der Waals surface area contributed by atoms with Gasteiger partial charge in [0.25, 0.3) is 0 Å². The van der Waals surface area contributed by atoms with Gasteiger partial charge in [-0.1, -0.05) is 39.5 Å². The molecule has 0 aliphatic rings. The first kappa shape index (κ1) is 34.2. The Morgan fingerprint density at radius 1 is 1.03 bits per heavy atom. The maximum absolute atomic E-state index is 10.6. The molecule has 0 spiro atoms. The summed E-state index contributed by atoms with van der Waals surface area (Å²) in [5.41, 5.74) is 12.6. The van der Waals surface area contributed by atoms with Crippen molar-refractivity contribution in [2.24, 2.45) is 22.8 Å². The Bertz CT molecular complexity index is 470. The third kappa shape index (κ3) is 30.9. The first-order valence-corrected chi connectivity index (χ1v) is 10.1. The molecule has 0 aromatic heterocycles. The molecule has 10 heteroatoms. The molecule has 0 saturated heterocycles. The van der Waals surface area contributed by atoms with Crippen LogP contribution in [-0.2, 0) is 29.1 Å². The van der Waals surface area contributed by atoms with Crippen LogP contribution in [0.1, 0.15) is 50.3 Å². The van der Waals surface area contributed by atoms with Gasteiger partial charge < -0.3 is 16.2 Å². The molecule has 0 bridgehead atoms. The van der Waals surface area contributed by atoms with Crippen LogP contribution < -0.4 is 11.5 Å². The Morgan fingerprint density at radius 2 is 1.58 bits per heavy atom. The second-order valence-electron chi connectivity index (χ2n) is 7.88. The summed E-state index contributed by atoms with van der Waals surface area (Å²) in [5, 5.41) is 15.6. The van der Waals surface area contributed by atoms with E-state index in [1.165, 1.54) is 6.42 Å². The molecule has 31 heavy (non-hydrogen) atoms. The Balaban J connectivity index is -0.000000115. The molecule has 1 unspecified atom stereocenters. The van der Waals surface area contributed by atoms with E-state index < -0.39 is 5.97 Å². The Morgan fingerprint density at radius 3 is 2.00 bits per heavy atom. The summed E-state index contributed by atoms with van der Waals surface area (Å²) in [4.78, 5) is 27.1. The summed E-state index contributed by atoms with van der Waals surface area (Å²) in [5.74, 6) is 0.232. The zero-order valence-corrected chi connectivity index (χ0v) is 19.9. The molecule has 0 aliphatic heterocycles. The van der Waals surface area contributed by atoms with Gasteiger partial charge in [-0.3, -0.25) is 10.5 Å². The molecule has 0 aromatic rings. The molecule has 0 heterocycles. The average Bonchev–Trinajstić information content (AvgIpc) is 2.68. The van der Waals surface area contributed by atoms with Gasteiger partial charge in [0, 0.05) is 8.43 Å². The highest BCUT2D eigenvalue weighted by atomic mass is 17.2. The number of esters is 1. The van der Waals surface area contributed by atoms with Crippen molar-refractivity contribution in [2.75, 3.05) is 46.1 Å². The van der Waals surface area contributed by atoms with E-state index in [0.717, 1.165) is 25.1 Å². The van der Waals surface area contributed by atoms with Gasteiger partial charge in [0.1, 0.15) is 33.0 Å². The van der Waals surface area contributed by atoms with Gasteiger partial charge in [0.05, 0.1) is 0 Å². The fourth-order valence-electron chi connectivity index (χ4n) is 1.98. The van der Waals surface area contributed by atoms with Crippen LogP contribution in [0, 0.1) is 11.3 Å². The molecule has 0 rings (SSSR count). The van der Waals surface area contributed by atoms with E-state index in [-0.39, 0.29) is 34.7 Å². The van der Waals surface area contributed by atoms with Crippen molar-refractivity contribution in [1.29, 1.82) is 0 Å². The van der Waals surface area contributed by atoms with Crippen molar-refractivity contribution >= 4 is 5.97 Å². The Labute approximate surface area is 189 Å². The number of nitrogens with two attached hydrogens (primary N) is 2. The monoisotopic (exact) mass is 456 g/mol. The number of carbonyl (C=O) groups excluding carboxylic acids is 1. The molecule has 1 atom stereocenters. The van der Waals surface area contributed by atoms with Crippen molar-refractivity contribution in [3.63, 3.8) is 0 Å². The summed E-state index contributed by atoms with van der Waals surface area (Å²) >= 11 is 0. The third-order valence-corrected chi connectivity index (χ3v) is 3.52. The van der Waals surface area contributed by atoms with Crippen molar-refractivity contribution in [3.8, 4) is 0 Å². The molecule has 10 nitrogen and oxygen atoms in total. The molecule has 0 aromatic carbocycles. The molecule has 0 radical (unpaired) electrons. The topological polar surface area (TPSA) is 156 Å². The summed E-state index contributed by atoms with van der Waals surface area (Å²) in [6, 6.07) is 0. The highest BCUT2D eigenvalue weighted by molar-refractivity contribution is 5.86. The number of hydrogen-bond donors (Lipinski definition) is 4. The van der Waals surface area contributed by atoms with Crippen LogP contribution in [0.15, 0.2) is 24.3 Å². The third-order valence-electron chi connectivity index (χ3n) is 3.52. The molecule has 190 valence electrons. The highest BCUT2D eigenvalue weighted by Gasteiger charge is 2.18. The van der Waals surface area contributed by atoms with Gasteiger partial charge in [-0.25, -0.2) is 24.3 Å². The standard InChI is InChI=1S/C9H22N2.C6H12O4.C6H10O4.2H2/c1-8(4-5-10)6-9(2,3)7-11;1-6(2)5-10-9-4-3-8-7;1-5(2)6(7)9-3-4-10-8;;/h8H,4-7,10-11H2,1-3H3;7H,1,3-5H2,2H3;8H,1,3-4H2,2H3;2*1H. The van der Waals surface area contributed by atoms with Crippen molar-refractivity contribution in [1.82, 2.24) is 0 Å². The van der Waals surface area contributed by atoms with Gasteiger partial charge in [-0.05, 0) is 51.1 Å². The smallest absolute Gasteiger partial charge is 0.333 e. The first-order chi connectivity index (χ1) is 14.5. The van der Waals surface area contributed by atoms with Crippen LogP contribution in [0.3, 0.4) is 0 Å². The number of rotatable bonds is 15. The molecule has 0 fully saturated rings. The summed E-state index contributed by atoms with van der Waals surface area (Å²) < 4.78 is 4.52. The van der Waals surface area contributed by atoms with Gasteiger partial charge >= 0.3 is 5.97 Å². The van der Waals surface area contributed by atoms with Crippen LogP contribution in [0.4, 0.5) is 0 Å². The summed E-state index contributed by atoms with van der Waals surface area (Å²) in [6.07, 6.45) is 2.30. The maximum Gasteiger partial charge on any atom is 0.333 e. The van der Waals surface area contributed by atoms with E-state index in [2.05, 4.69) is 58.2 Å². The number of ether oxygens (including phenoxy) is 1. The predicted molar refractivity (Wildman–Crippen MR) is 124 cm³/mol. The largest absolute Gasteiger partial charge is 0.460 e. The predicted octanol–water partition coefficient (Wildman–Crippen LogP) is 3.43. The van der Waals surface area contributed by atoms with Gasteiger partial charge in [0.2, 0.25) is 0 Å². The van der Waals surface area contributed by atoms with E-state index >= 15 is 0 Å². The fraction of sp³-hybridized carbons (Fsp3) is 0.762. The first-order valence-electron chi connectivity index (χ1n) is 10.1.